The molecule has 0 bridgehead atoms. The van der Waals surface area contributed by atoms with Crippen LogP contribution in [0.15, 0.2) is 0 Å². The van der Waals surface area contributed by atoms with Crippen molar-refractivity contribution in [1.82, 2.24) is 4.90 Å². The Bertz CT molecular complexity index is 1170. The lowest BCUT2D eigenvalue weighted by Gasteiger charge is -2.49. The number of hydrogen-bond donors (Lipinski definition) is 5. The summed E-state index contributed by atoms with van der Waals surface area (Å²) in [6, 6.07) is -0.324. The van der Waals surface area contributed by atoms with Crippen LogP contribution < -0.4 is 0 Å². The number of esters is 1. The number of rotatable bonds is 7. The molecule has 3 aliphatic heterocycles. The van der Waals surface area contributed by atoms with Crippen LogP contribution in [0.25, 0.3) is 0 Å². The summed E-state index contributed by atoms with van der Waals surface area (Å²) in [5.74, 6) is -4.98. The van der Waals surface area contributed by atoms with Crippen molar-refractivity contribution in [2.75, 3.05) is 21.2 Å². The fourth-order valence-corrected chi connectivity index (χ4v) is 8.41. The van der Waals surface area contributed by atoms with Gasteiger partial charge in [-0.05, 0) is 74.9 Å². The van der Waals surface area contributed by atoms with Gasteiger partial charge in [0.05, 0.1) is 47.6 Å². The number of Topliss-reactive ketones (excluding diaryl/α,β-unsaturated/α-hetero) is 1. The van der Waals surface area contributed by atoms with Gasteiger partial charge in [-0.15, -0.1) is 0 Å². The minimum Gasteiger partial charge on any atom is -0.459 e. The van der Waals surface area contributed by atoms with E-state index in [1.807, 2.05) is 25.9 Å². The first-order chi connectivity index (χ1) is 23.4. The highest BCUT2D eigenvalue weighted by molar-refractivity contribution is 5.83. The average molecular weight is 734 g/mol. The number of ether oxygens (including phenoxy) is 6. The Labute approximate surface area is 304 Å². The molecule has 51 heavy (non-hydrogen) atoms. The van der Waals surface area contributed by atoms with E-state index in [0.717, 1.165) is 0 Å². The molecule has 298 valence electrons. The van der Waals surface area contributed by atoms with Crippen molar-refractivity contribution in [3.63, 3.8) is 0 Å². The van der Waals surface area contributed by atoms with E-state index in [9.17, 15) is 35.1 Å². The van der Waals surface area contributed by atoms with Gasteiger partial charge in [-0.1, -0.05) is 27.7 Å². The first kappa shape index (κ1) is 44.1. The van der Waals surface area contributed by atoms with E-state index in [2.05, 4.69) is 0 Å². The fourth-order valence-electron chi connectivity index (χ4n) is 8.41. The molecule has 0 saturated carbocycles. The standard InChI is InChI=1S/C37H67NO13/c1-14-25-37(10,45)30(41)20(4)27(39)18(2)16-35(8,44)32(51-34-28(40)24(38(11)12)15-19(3)47-34)21(5)29(22(6)33(43)49-25)50-26-17-36(9,46-13)31(42)23(7)48-26/h18-26,28-32,34,40-42,44-45H,14-17H2,1-13H3/t18-,19-,20+,21+,22-,23+,24+,25-,26?,28-,29+,30-,31+,32?,34?,35?,36-,37-/m1/s1. The molecule has 0 spiro atoms. The summed E-state index contributed by atoms with van der Waals surface area (Å²) < 4.78 is 37.1. The topological polar surface area (TPSA) is 194 Å². The van der Waals surface area contributed by atoms with Crippen LogP contribution in [-0.2, 0) is 38.0 Å². The molecule has 18 atom stereocenters. The Morgan fingerprint density at radius 2 is 1.49 bits per heavy atom. The van der Waals surface area contributed by atoms with Crippen molar-refractivity contribution in [1.29, 1.82) is 0 Å². The van der Waals surface area contributed by atoms with Crippen molar-refractivity contribution in [3.8, 4) is 0 Å². The molecule has 4 unspecified atom stereocenters. The predicted octanol–water partition coefficient (Wildman–Crippen LogP) is 1.79. The molecular weight excluding hydrogens is 666 g/mol. The van der Waals surface area contributed by atoms with Crippen LogP contribution in [-0.4, -0.2) is 148 Å². The van der Waals surface area contributed by atoms with Crippen LogP contribution >= 0.6 is 0 Å². The highest BCUT2D eigenvalue weighted by Crippen LogP contribution is 2.40. The molecule has 0 aliphatic carbocycles. The summed E-state index contributed by atoms with van der Waals surface area (Å²) >= 11 is 0. The first-order valence-electron chi connectivity index (χ1n) is 18.5. The molecule has 0 aromatic heterocycles. The summed E-state index contributed by atoms with van der Waals surface area (Å²) in [7, 11) is 5.18. The molecule has 3 fully saturated rings. The summed E-state index contributed by atoms with van der Waals surface area (Å²) in [5, 5.41) is 57.6. The van der Waals surface area contributed by atoms with E-state index >= 15 is 0 Å². The van der Waals surface area contributed by atoms with E-state index in [4.69, 9.17) is 28.4 Å². The van der Waals surface area contributed by atoms with Gasteiger partial charge in [0, 0.05) is 37.3 Å². The maximum atomic E-state index is 14.1. The molecule has 3 heterocycles. The summed E-state index contributed by atoms with van der Waals surface area (Å²) in [6.45, 7) is 16.3. The Morgan fingerprint density at radius 1 is 0.882 bits per heavy atom. The molecule has 14 nitrogen and oxygen atoms in total. The molecule has 3 rings (SSSR count). The number of methoxy groups -OCH3 is 1. The quantitative estimate of drug-likeness (QED) is 0.238. The Morgan fingerprint density at radius 3 is 2.04 bits per heavy atom. The van der Waals surface area contributed by atoms with Crippen LogP contribution in [0.5, 0.6) is 0 Å². The van der Waals surface area contributed by atoms with Gasteiger partial charge >= 0.3 is 5.97 Å². The zero-order valence-electron chi connectivity index (χ0n) is 32.9. The SMILES string of the molecule is CC[C@H]1OC(=O)[C@H](C)[C@@H](OC2C[C@@](C)(OC)[C@@H](O)[C@H](C)O2)[C@H](C)C(OC2O[C@H](C)C[C@H](N(C)C)[C@H]2O)C(C)(O)C[C@@H](C)C(=O)[C@H](C)[C@@H](O)[C@]1(C)O. The monoisotopic (exact) mass is 733 g/mol. The minimum absolute atomic E-state index is 0.0936. The van der Waals surface area contributed by atoms with E-state index in [1.54, 1.807) is 41.5 Å². The van der Waals surface area contributed by atoms with Crippen molar-refractivity contribution in [2.45, 2.75) is 179 Å². The molecule has 3 aliphatic rings. The number of aliphatic hydroxyl groups is 5. The molecule has 5 N–H and O–H groups in total. The van der Waals surface area contributed by atoms with Crippen LogP contribution in [0.1, 0.15) is 94.9 Å². The predicted molar refractivity (Wildman–Crippen MR) is 186 cm³/mol. The van der Waals surface area contributed by atoms with Crippen molar-refractivity contribution in [2.24, 2.45) is 23.7 Å². The zero-order chi connectivity index (χ0) is 39.0. The van der Waals surface area contributed by atoms with Crippen LogP contribution in [0.3, 0.4) is 0 Å². The van der Waals surface area contributed by atoms with Gasteiger partial charge in [0.25, 0.3) is 0 Å². The Balaban J connectivity index is 2.18. The van der Waals surface area contributed by atoms with E-state index in [-0.39, 0.29) is 31.4 Å². The lowest BCUT2D eigenvalue weighted by atomic mass is 9.74. The number of ketones is 1. The molecular formula is C37H67NO13. The lowest BCUT2D eigenvalue weighted by molar-refractivity contribution is -0.318. The Hall–Kier alpha value is -1.30. The van der Waals surface area contributed by atoms with Gasteiger partial charge in [0.15, 0.2) is 12.6 Å². The molecule has 14 heteroatoms. The number of carbonyl (C=O) groups excluding carboxylic acids is 2. The van der Waals surface area contributed by atoms with Gasteiger partial charge in [-0.2, -0.15) is 0 Å². The molecule has 3 saturated heterocycles. The van der Waals surface area contributed by atoms with Gasteiger partial charge < -0.3 is 58.9 Å². The average Bonchev–Trinajstić information content (AvgIpc) is 3.05. The third kappa shape index (κ3) is 9.51. The van der Waals surface area contributed by atoms with Crippen molar-refractivity contribution < 1.29 is 63.5 Å². The minimum atomic E-state index is -1.99. The largest absolute Gasteiger partial charge is 0.459 e. The zero-order valence-corrected chi connectivity index (χ0v) is 32.9. The van der Waals surface area contributed by atoms with E-state index in [0.29, 0.717) is 6.42 Å². The van der Waals surface area contributed by atoms with Crippen LogP contribution in [0.4, 0.5) is 0 Å². The fraction of sp³-hybridized carbons (Fsp3) is 0.946. The number of carbonyl (C=O) groups is 2. The maximum absolute atomic E-state index is 14.1. The molecule has 0 amide bonds. The summed E-state index contributed by atoms with van der Waals surface area (Å²) in [6.07, 6.45) is -9.71. The first-order valence-corrected chi connectivity index (χ1v) is 18.5. The second-order valence-corrected chi connectivity index (χ2v) is 16.5. The van der Waals surface area contributed by atoms with Gasteiger partial charge in [0.1, 0.15) is 29.7 Å². The second kappa shape index (κ2) is 17.0. The smallest absolute Gasteiger partial charge is 0.311 e. The van der Waals surface area contributed by atoms with E-state index < -0.39 is 108 Å². The van der Waals surface area contributed by atoms with Gasteiger partial charge in [0.2, 0.25) is 0 Å². The number of cyclic esters (lactones) is 1. The molecule has 0 aromatic carbocycles. The Kier molecular flexibility index (Phi) is 14.7. The molecule has 0 radical (unpaired) electrons. The second-order valence-electron chi connectivity index (χ2n) is 16.5. The third-order valence-corrected chi connectivity index (χ3v) is 11.8. The summed E-state index contributed by atoms with van der Waals surface area (Å²) in [5.41, 5.74) is -4.84. The highest BCUT2D eigenvalue weighted by atomic mass is 16.7. The highest BCUT2D eigenvalue weighted by Gasteiger charge is 2.53. The third-order valence-electron chi connectivity index (χ3n) is 11.8. The van der Waals surface area contributed by atoms with Crippen LogP contribution in [0.2, 0.25) is 0 Å². The normalized spacial score (nSPS) is 49.7. The number of hydrogen-bond acceptors (Lipinski definition) is 14. The van der Waals surface area contributed by atoms with Gasteiger partial charge in [-0.3, -0.25) is 9.59 Å². The van der Waals surface area contributed by atoms with Crippen LogP contribution in [0, 0.1) is 23.7 Å². The number of likely N-dealkylation sites (N-methyl/N-ethyl adjacent to an activating group) is 1. The van der Waals surface area contributed by atoms with Crippen molar-refractivity contribution in [3.05, 3.63) is 0 Å². The maximum Gasteiger partial charge on any atom is 0.311 e. The molecule has 0 aromatic rings. The van der Waals surface area contributed by atoms with E-state index in [1.165, 1.54) is 27.9 Å². The summed E-state index contributed by atoms with van der Waals surface area (Å²) in [4.78, 5) is 29.8. The number of nitrogens with zero attached hydrogens (tertiary/aromatic N) is 1. The van der Waals surface area contributed by atoms with Gasteiger partial charge in [-0.25, -0.2) is 0 Å². The lowest BCUT2D eigenvalue weighted by Crippen LogP contribution is -2.61. The van der Waals surface area contributed by atoms with Crippen molar-refractivity contribution >= 4 is 11.8 Å². The number of aliphatic hydroxyl groups excluding tert-OH is 3.